The van der Waals surface area contributed by atoms with Gasteiger partial charge in [-0.2, -0.15) is 0 Å². The molecule has 0 radical (unpaired) electrons. The molecule has 2 rings (SSSR count). The lowest BCUT2D eigenvalue weighted by Crippen LogP contribution is -2.44. The highest BCUT2D eigenvalue weighted by Crippen LogP contribution is 2.23. The number of nitrogens with zero attached hydrogens (tertiary/aromatic N) is 3. The second-order valence-corrected chi connectivity index (χ2v) is 7.70. The Morgan fingerprint density at radius 2 is 2.14 bits per heavy atom. The molecular formula is C13H21ClN4O2S. The fraction of sp³-hybridized carbons (Fsp3) is 0.692. The monoisotopic (exact) mass is 332 g/mol. The normalized spacial score (nSPS) is 20.5. The number of nitrogens with one attached hydrogen (secondary N) is 1. The van der Waals surface area contributed by atoms with Crippen LogP contribution in [0.3, 0.4) is 0 Å². The first-order valence-electron chi connectivity index (χ1n) is 7.06. The van der Waals surface area contributed by atoms with Crippen LogP contribution in [-0.4, -0.2) is 48.1 Å². The molecule has 1 aromatic rings. The molecule has 1 N–H and O–H groups in total. The molecule has 0 aromatic carbocycles. The fourth-order valence-electron chi connectivity index (χ4n) is 2.39. The molecule has 1 aromatic heterocycles. The van der Waals surface area contributed by atoms with Crippen molar-refractivity contribution in [2.75, 3.05) is 24.7 Å². The molecule has 118 valence electrons. The highest BCUT2D eigenvalue weighted by atomic mass is 35.5. The van der Waals surface area contributed by atoms with Crippen molar-refractivity contribution in [2.45, 2.75) is 39.2 Å². The smallest absolute Gasteiger partial charge is 0.211 e. The zero-order chi connectivity index (χ0) is 15.6. The van der Waals surface area contributed by atoms with Gasteiger partial charge in [-0.05, 0) is 19.8 Å². The van der Waals surface area contributed by atoms with Crippen molar-refractivity contribution in [1.82, 2.24) is 14.3 Å². The minimum absolute atomic E-state index is 0.0443. The third-order valence-corrected chi connectivity index (χ3v) is 5.28. The van der Waals surface area contributed by atoms with Crippen LogP contribution in [0.25, 0.3) is 0 Å². The van der Waals surface area contributed by atoms with E-state index in [0.717, 1.165) is 18.4 Å². The summed E-state index contributed by atoms with van der Waals surface area (Å²) in [5, 5.41) is 3.77. The van der Waals surface area contributed by atoms with E-state index < -0.39 is 10.0 Å². The van der Waals surface area contributed by atoms with Crippen molar-refractivity contribution >= 4 is 27.4 Å². The second kappa shape index (κ2) is 6.46. The first-order chi connectivity index (χ1) is 9.81. The van der Waals surface area contributed by atoms with Crippen molar-refractivity contribution in [3.8, 4) is 0 Å². The maximum Gasteiger partial charge on any atom is 0.211 e. The van der Waals surface area contributed by atoms with Crippen LogP contribution >= 0.6 is 11.6 Å². The van der Waals surface area contributed by atoms with Gasteiger partial charge in [0, 0.05) is 31.1 Å². The van der Waals surface area contributed by atoms with Gasteiger partial charge < -0.3 is 5.32 Å². The SMILES string of the molecule is CCc1nc(Cl)c(C)c(N[C@@H]2CCCN(S(C)(=O)=O)C2)n1. The molecule has 1 saturated heterocycles. The number of rotatable bonds is 4. The zero-order valence-electron chi connectivity index (χ0n) is 12.6. The van der Waals surface area contributed by atoms with E-state index in [1.807, 2.05) is 13.8 Å². The predicted molar refractivity (Wildman–Crippen MR) is 84.2 cm³/mol. The Labute approximate surface area is 131 Å². The third-order valence-electron chi connectivity index (χ3n) is 3.64. The van der Waals surface area contributed by atoms with Crippen LogP contribution in [0.1, 0.15) is 31.2 Å². The van der Waals surface area contributed by atoms with E-state index in [1.165, 1.54) is 10.6 Å². The topological polar surface area (TPSA) is 75.2 Å². The van der Waals surface area contributed by atoms with Crippen LogP contribution in [0.2, 0.25) is 5.15 Å². The number of sulfonamides is 1. The lowest BCUT2D eigenvalue weighted by molar-refractivity contribution is 0.329. The number of aromatic nitrogens is 2. The summed E-state index contributed by atoms with van der Waals surface area (Å²) in [5.41, 5.74) is 0.797. The molecule has 2 heterocycles. The molecule has 1 aliphatic rings. The van der Waals surface area contributed by atoms with Gasteiger partial charge in [-0.3, -0.25) is 0 Å². The molecule has 0 aliphatic carbocycles. The summed E-state index contributed by atoms with van der Waals surface area (Å²) in [5.74, 6) is 1.39. The van der Waals surface area contributed by atoms with Gasteiger partial charge in [0.1, 0.15) is 16.8 Å². The molecule has 1 fully saturated rings. The number of piperidine rings is 1. The van der Waals surface area contributed by atoms with E-state index in [0.29, 0.717) is 36.3 Å². The van der Waals surface area contributed by atoms with Gasteiger partial charge in [0.15, 0.2) is 0 Å². The summed E-state index contributed by atoms with van der Waals surface area (Å²) in [4.78, 5) is 8.67. The Kier molecular flexibility index (Phi) is 5.06. The number of halogens is 1. The molecule has 0 saturated carbocycles. The van der Waals surface area contributed by atoms with Gasteiger partial charge in [-0.15, -0.1) is 0 Å². The van der Waals surface area contributed by atoms with Crippen LogP contribution in [0, 0.1) is 6.92 Å². The molecule has 0 bridgehead atoms. The van der Waals surface area contributed by atoms with E-state index in [4.69, 9.17) is 11.6 Å². The standard InChI is InChI=1S/C13H21ClN4O2S/c1-4-11-16-12(14)9(2)13(17-11)15-10-6-5-7-18(8-10)21(3,19)20/h10H,4-8H2,1-3H3,(H,15,16,17)/t10-/m1/s1. The van der Waals surface area contributed by atoms with Gasteiger partial charge >= 0.3 is 0 Å². The molecular weight excluding hydrogens is 312 g/mol. The average molecular weight is 333 g/mol. The largest absolute Gasteiger partial charge is 0.366 e. The van der Waals surface area contributed by atoms with Gasteiger partial charge in [0.05, 0.1) is 6.26 Å². The fourth-order valence-corrected chi connectivity index (χ4v) is 3.48. The molecule has 1 aliphatic heterocycles. The van der Waals surface area contributed by atoms with Crippen LogP contribution in [0.5, 0.6) is 0 Å². The van der Waals surface area contributed by atoms with E-state index >= 15 is 0 Å². The van der Waals surface area contributed by atoms with Crippen molar-refractivity contribution in [2.24, 2.45) is 0 Å². The number of hydrogen-bond donors (Lipinski definition) is 1. The Morgan fingerprint density at radius 1 is 1.43 bits per heavy atom. The third kappa shape index (κ3) is 4.05. The highest BCUT2D eigenvalue weighted by molar-refractivity contribution is 7.88. The lowest BCUT2D eigenvalue weighted by atomic mass is 10.1. The average Bonchev–Trinajstić information content (AvgIpc) is 2.43. The summed E-state index contributed by atoms with van der Waals surface area (Å²) in [6, 6.07) is 0.0443. The summed E-state index contributed by atoms with van der Waals surface area (Å²) >= 11 is 6.12. The maximum absolute atomic E-state index is 11.7. The van der Waals surface area contributed by atoms with Gasteiger partial charge in [0.25, 0.3) is 0 Å². The predicted octanol–water partition coefficient (Wildman–Crippen LogP) is 1.84. The van der Waals surface area contributed by atoms with Crippen molar-refractivity contribution < 1.29 is 8.42 Å². The van der Waals surface area contributed by atoms with Crippen LogP contribution in [0.4, 0.5) is 5.82 Å². The Balaban J connectivity index is 2.16. The molecule has 8 heteroatoms. The van der Waals surface area contributed by atoms with Gasteiger partial charge in [-0.1, -0.05) is 18.5 Å². The van der Waals surface area contributed by atoms with Crippen LogP contribution in [0.15, 0.2) is 0 Å². The van der Waals surface area contributed by atoms with E-state index in [1.54, 1.807) is 0 Å². The molecule has 6 nitrogen and oxygen atoms in total. The molecule has 21 heavy (non-hydrogen) atoms. The second-order valence-electron chi connectivity index (χ2n) is 5.36. The van der Waals surface area contributed by atoms with Gasteiger partial charge in [0.2, 0.25) is 10.0 Å². The molecule has 1 atom stereocenters. The Morgan fingerprint density at radius 3 is 2.76 bits per heavy atom. The number of hydrogen-bond acceptors (Lipinski definition) is 5. The Bertz CT molecular complexity index is 621. The molecule has 0 amide bonds. The first-order valence-corrected chi connectivity index (χ1v) is 9.28. The minimum Gasteiger partial charge on any atom is -0.366 e. The number of anilines is 1. The number of aryl methyl sites for hydroxylation is 1. The van der Waals surface area contributed by atoms with Crippen LogP contribution in [-0.2, 0) is 16.4 Å². The van der Waals surface area contributed by atoms with E-state index in [9.17, 15) is 8.42 Å². The minimum atomic E-state index is -3.15. The van der Waals surface area contributed by atoms with Gasteiger partial charge in [-0.25, -0.2) is 22.7 Å². The lowest BCUT2D eigenvalue weighted by Gasteiger charge is -2.32. The van der Waals surface area contributed by atoms with E-state index in [-0.39, 0.29) is 6.04 Å². The Hall–Kier alpha value is -0.920. The molecule has 0 unspecified atom stereocenters. The zero-order valence-corrected chi connectivity index (χ0v) is 14.1. The van der Waals surface area contributed by atoms with E-state index in [2.05, 4.69) is 15.3 Å². The summed E-state index contributed by atoms with van der Waals surface area (Å²) in [7, 11) is -3.15. The highest BCUT2D eigenvalue weighted by Gasteiger charge is 2.26. The molecule has 0 spiro atoms. The summed E-state index contributed by atoms with van der Waals surface area (Å²) in [6.45, 7) is 4.88. The summed E-state index contributed by atoms with van der Waals surface area (Å²) < 4.78 is 24.8. The maximum atomic E-state index is 11.7. The van der Waals surface area contributed by atoms with Crippen molar-refractivity contribution in [3.05, 3.63) is 16.5 Å². The summed E-state index contributed by atoms with van der Waals surface area (Å²) in [6.07, 6.45) is 3.70. The van der Waals surface area contributed by atoms with Crippen LogP contribution < -0.4 is 5.32 Å². The van der Waals surface area contributed by atoms with Crippen molar-refractivity contribution in [1.29, 1.82) is 0 Å². The quantitative estimate of drug-likeness (QED) is 0.851. The first kappa shape index (κ1) is 16.5. The van der Waals surface area contributed by atoms with Crippen molar-refractivity contribution in [3.63, 3.8) is 0 Å².